The fourth-order valence-corrected chi connectivity index (χ4v) is 4.19. The van der Waals surface area contributed by atoms with Crippen molar-refractivity contribution in [3.05, 3.63) is 56.8 Å². The number of aryl methyl sites for hydroxylation is 1. The molecule has 0 bridgehead atoms. The summed E-state index contributed by atoms with van der Waals surface area (Å²) in [5.41, 5.74) is 1.90. The van der Waals surface area contributed by atoms with Crippen LogP contribution in [0, 0.1) is 6.92 Å². The molecule has 1 N–H and O–H groups in total. The van der Waals surface area contributed by atoms with Gasteiger partial charge >= 0.3 is 5.97 Å². The molecule has 0 spiro atoms. The summed E-state index contributed by atoms with van der Waals surface area (Å²) < 4.78 is 5.81. The molecule has 1 aromatic carbocycles. The van der Waals surface area contributed by atoms with Crippen molar-refractivity contribution in [2.75, 3.05) is 11.9 Å². The molecule has 0 saturated heterocycles. The van der Waals surface area contributed by atoms with Gasteiger partial charge in [0.25, 0.3) is 5.91 Å². The number of thiophene rings is 1. The zero-order chi connectivity index (χ0) is 17.8. The van der Waals surface area contributed by atoms with Crippen LogP contribution in [0.25, 0.3) is 9.88 Å². The number of thiazole rings is 1. The number of nitrogens with zero attached hydrogens (tertiary/aromatic N) is 1. The minimum atomic E-state index is -0.614. The summed E-state index contributed by atoms with van der Waals surface area (Å²) >= 11 is 6.30. The molecule has 0 aliphatic rings. The van der Waals surface area contributed by atoms with Crippen molar-refractivity contribution in [2.45, 2.75) is 6.92 Å². The van der Waals surface area contributed by atoms with Crippen molar-refractivity contribution in [1.29, 1.82) is 0 Å². The SMILES string of the molecule is Cc1ccc(NC(=O)COC(=O)c2csc(-c3cccs3)n2)c(Br)c1. The van der Waals surface area contributed by atoms with Crippen LogP contribution in [0.3, 0.4) is 0 Å². The van der Waals surface area contributed by atoms with Gasteiger partial charge in [-0.05, 0) is 52.0 Å². The fourth-order valence-electron chi connectivity index (χ4n) is 1.99. The first kappa shape index (κ1) is 17.8. The summed E-state index contributed by atoms with van der Waals surface area (Å²) in [7, 11) is 0. The van der Waals surface area contributed by atoms with Crippen LogP contribution in [0.5, 0.6) is 0 Å². The highest BCUT2D eigenvalue weighted by molar-refractivity contribution is 9.10. The molecule has 128 valence electrons. The predicted octanol–water partition coefficient (Wildman–Crippen LogP) is 4.74. The molecule has 0 aliphatic heterocycles. The zero-order valence-corrected chi connectivity index (χ0v) is 16.3. The highest BCUT2D eigenvalue weighted by Crippen LogP contribution is 2.28. The zero-order valence-electron chi connectivity index (χ0n) is 13.1. The van der Waals surface area contributed by atoms with Crippen molar-refractivity contribution in [1.82, 2.24) is 4.98 Å². The molecule has 25 heavy (non-hydrogen) atoms. The normalized spacial score (nSPS) is 10.5. The number of hydrogen-bond donors (Lipinski definition) is 1. The van der Waals surface area contributed by atoms with Gasteiger partial charge in [0.2, 0.25) is 0 Å². The quantitative estimate of drug-likeness (QED) is 0.586. The van der Waals surface area contributed by atoms with E-state index < -0.39 is 11.9 Å². The smallest absolute Gasteiger partial charge is 0.358 e. The van der Waals surface area contributed by atoms with Crippen LogP contribution >= 0.6 is 38.6 Å². The topological polar surface area (TPSA) is 68.3 Å². The lowest BCUT2D eigenvalue weighted by molar-refractivity contribution is -0.119. The Morgan fingerprint density at radius 2 is 2.12 bits per heavy atom. The first-order chi connectivity index (χ1) is 12.0. The number of benzene rings is 1. The highest BCUT2D eigenvalue weighted by atomic mass is 79.9. The van der Waals surface area contributed by atoms with Gasteiger partial charge in [0.15, 0.2) is 12.3 Å². The van der Waals surface area contributed by atoms with Crippen LogP contribution in [-0.4, -0.2) is 23.5 Å². The molecule has 5 nitrogen and oxygen atoms in total. The van der Waals surface area contributed by atoms with E-state index in [-0.39, 0.29) is 12.3 Å². The molecule has 3 rings (SSSR count). The van der Waals surface area contributed by atoms with Crippen LogP contribution in [-0.2, 0) is 9.53 Å². The van der Waals surface area contributed by atoms with E-state index in [4.69, 9.17) is 4.74 Å². The van der Waals surface area contributed by atoms with Crippen molar-refractivity contribution in [2.24, 2.45) is 0 Å². The Labute approximate surface area is 160 Å². The minimum Gasteiger partial charge on any atom is -0.451 e. The summed E-state index contributed by atoms with van der Waals surface area (Å²) in [6.45, 7) is 1.58. The minimum absolute atomic E-state index is 0.206. The summed E-state index contributed by atoms with van der Waals surface area (Å²) in [4.78, 5) is 29.2. The predicted molar refractivity (Wildman–Crippen MR) is 103 cm³/mol. The Hall–Kier alpha value is -2.03. The van der Waals surface area contributed by atoms with Crippen molar-refractivity contribution >= 4 is 56.2 Å². The second-order valence-corrected chi connectivity index (χ2v) is 7.78. The molecule has 3 aromatic rings. The largest absolute Gasteiger partial charge is 0.451 e. The molecule has 0 fully saturated rings. The van der Waals surface area contributed by atoms with E-state index >= 15 is 0 Å². The number of amides is 1. The average molecular weight is 437 g/mol. The van der Waals surface area contributed by atoms with Gasteiger partial charge in [0, 0.05) is 9.85 Å². The number of hydrogen-bond acceptors (Lipinski definition) is 6. The van der Waals surface area contributed by atoms with E-state index in [9.17, 15) is 9.59 Å². The second-order valence-electron chi connectivity index (χ2n) is 5.12. The summed E-state index contributed by atoms with van der Waals surface area (Å²) in [5.74, 6) is -1.02. The van der Waals surface area contributed by atoms with Crippen LogP contribution in [0.4, 0.5) is 5.69 Å². The lowest BCUT2D eigenvalue weighted by Gasteiger charge is -2.08. The van der Waals surface area contributed by atoms with Gasteiger partial charge in [-0.25, -0.2) is 9.78 Å². The number of carbonyl (C=O) groups is 2. The average Bonchev–Trinajstić information content (AvgIpc) is 3.26. The molecule has 8 heteroatoms. The van der Waals surface area contributed by atoms with Crippen LogP contribution < -0.4 is 5.32 Å². The van der Waals surface area contributed by atoms with Gasteiger partial charge in [-0.3, -0.25) is 4.79 Å². The molecule has 1 amide bonds. The van der Waals surface area contributed by atoms with Crippen molar-refractivity contribution in [3.63, 3.8) is 0 Å². The molecular formula is C17H13BrN2O3S2. The Bertz CT molecular complexity index is 907. The van der Waals surface area contributed by atoms with E-state index in [0.717, 1.165) is 19.9 Å². The summed E-state index contributed by atoms with van der Waals surface area (Å²) in [6.07, 6.45) is 0. The number of rotatable bonds is 5. The van der Waals surface area contributed by atoms with E-state index in [1.807, 2.05) is 36.6 Å². The Balaban J connectivity index is 1.56. The fraction of sp³-hybridized carbons (Fsp3) is 0.118. The molecular weight excluding hydrogens is 424 g/mol. The number of esters is 1. The third-order valence-electron chi connectivity index (χ3n) is 3.18. The van der Waals surface area contributed by atoms with E-state index in [2.05, 4.69) is 26.2 Å². The van der Waals surface area contributed by atoms with Crippen LogP contribution in [0.2, 0.25) is 0 Å². The number of halogens is 1. The Kier molecular flexibility index (Phi) is 5.62. The molecule has 2 aromatic heterocycles. The number of anilines is 1. The highest BCUT2D eigenvalue weighted by Gasteiger charge is 2.15. The van der Waals surface area contributed by atoms with Crippen LogP contribution in [0.1, 0.15) is 16.1 Å². The lowest BCUT2D eigenvalue weighted by atomic mass is 10.2. The summed E-state index contributed by atoms with van der Waals surface area (Å²) in [5, 5.41) is 7.03. The monoisotopic (exact) mass is 436 g/mol. The molecule has 0 saturated carbocycles. The van der Waals surface area contributed by atoms with E-state index in [1.54, 1.807) is 22.8 Å². The molecule has 0 radical (unpaired) electrons. The number of nitrogens with one attached hydrogen (secondary N) is 1. The molecule has 0 unspecified atom stereocenters. The third-order valence-corrected chi connectivity index (χ3v) is 5.72. The number of aromatic nitrogens is 1. The maximum absolute atomic E-state index is 12.0. The molecule has 2 heterocycles. The second kappa shape index (κ2) is 7.90. The van der Waals surface area contributed by atoms with Gasteiger partial charge in [0.1, 0.15) is 5.01 Å². The number of carbonyl (C=O) groups excluding carboxylic acids is 2. The number of ether oxygens (including phenoxy) is 1. The van der Waals surface area contributed by atoms with Crippen LogP contribution in [0.15, 0.2) is 45.6 Å². The van der Waals surface area contributed by atoms with E-state index in [0.29, 0.717) is 5.69 Å². The van der Waals surface area contributed by atoms with Gasteiger partial charge in [-0.15, -0.1) is 22.7 Å². The summed E-state index contributed by atoms with van der Waals surface area (Å²) in [6, 6.07) is 9.42. The van der Waals surface area contributed by atoms with Crippen molar-refractivity contribution in [3.8, 4) is 9.88 Å². The maximum atomic E-state index is 12.0. The third kappa shape index (κ3) is 4.53. The first-order valence-corrected chi connectivity index (χ1v) is 9.80. The first-order valence-electron chi connectivity index (χ1n) is 7.25. The lowest BCUT2D eigenvalue weighted by Crippen LogP contribution is -2.21. The Morgan fingerprint density at radius 1 is 1.28 bits per heavy atom. The van der Waals surface area contributed by atoms with Crippen molar-refractivity contribution < 1.29 is 14.3 Å². The van der Waals surface area contributed by atoms with E-state index in [1.165, 1.54) is 11.3 Å². The standard InChI is InChI=1S/C17H13BrN2O3S2/c1-10-4-5-12(11(18)7-10)19-15(21)8-23-17(22)13-9-25-16(20-13)14-3-2-6-24-14/h2-7,9H,8H2,1H3,(H,19,21). The van der Waals surface area contributed by atoms with Gasteiger partial charge in [-0.2, -0.15) is 0 Å². The molecule has 0 atom stereocenters. The van der Waals surface area contributed by atoms with Gasteiger partial charge < -0.3 is 10.1 Å². The van der Waals surface area contributed by atoms with Gasteiger partial charge in [0.05, 0.1) is 10.6 Å². The maximum Gasteiger partial charge on any atom is 0.358 e. The Morgan fingerprint density at radius 3 is 2.84 bits per heavy atom. The van der Waals surface area contributed by atoms with Gasteiger partial charge in [-0.1, -0.05) is 12.1 Å². The molecule has 0 aliphatic carbocycles.